The molecule has 1 aromatic carbocycles. The molecule has 3 heterocycles. The number of piperazine rings is 1. The van der Waals surface area contributed by atoms with Gasteiger partial charge < -0.3 is 19.8 Å². The van der Waals surface area contributed by atoms with Crippen molar-refractivity contribution in [3.8, 4) is 11.4 Å². The summed E-state index contributed by atoms with van der Waals surface area (Å²) in [6.45, 7) is 7.75. The van der Waals surface area contributed by atoms with Crippen molar-refractivity contribution in [1.29, 1.82) is 0 Å². The van der Waals surface area contributed by atoms with Gasteiger partial charge in [-0.3, -0.25) is 14.5 Å². The Labute approximate surface area is 187 Å². The molecule has 8 heteroatoms. The largest absolute Gasteiger partial charge is 0.349 e. The van der Waals surface area contributed by atoms with E-state index in [9.17, 15) is 9.59 Å². The highest BCUT2D eigenvalue weighted by molar-refractivity contribution is 5.92. The number of benzene rings is 1. The van der Waals surface area contributed by atoms with Gasteiger partial charge >= 0.3 is 0 Å². The zero-order valence-electron chi connectivity index (χ0n) is 18.7. The van der Waals surface area contributed by atoms with Gasteiger partial charge in [-0.2, -0.15) is 0 Å². The highest BCUT2D eigenvalue weighted by Crippen LogP contribution is 2.20. The van der Waals surface area contributed by atoms with E-state index in [1.807, 2.05) is 41.0 Å². The van der Waals surface area contributed by atoms with E-state index in [1.165, 1.54) is 0 Å². The number of pyridine rings is 1. The predicted molar refractivity (Wildman–Crippen MR) is 125 cm³/mol. The van der Waals surface area contributed by atoms with E-state index in [0.29, 0.717) is 30.2 Å². The van der Waals surface area contributed by atoms with Crippen molar-refractivity contribution < 1.29 is 4.79 Å². The van der Waals surface area contributed by atoms with E-state index >= 15 is 0 Å². The first kappa shape index (κ1) is 22.0. The highest BCUT2D eigenvalue weighted by Gasteiger charge is 2.18. The van der Waals surface area contributed by atoms with Crippen molar-refractivity contribution in [3.63, 3.8) is 0 Å². The van der Waals surface area contributed by atoms with E-state index in [-0.39, 0.29) is 11.5 Å². The molecule has 3 aromatic rings. The van der Waals surface area contributed by atoms with Gasteiger partial charge in [0.2, 0.25) is 0 Å². The Morgan fingerprint density at radius 2 is 1.91 bits per heavy atom. The maximum Gasteiger partial charge on any atom is 0.271 e. The summed E-state index contributed by atoms with van der Waals surface area (Å²) in [5, 5.41) is 6.33. The van der Waals surface area contributed by atoms with Crippen molar-refractivity contribution in [2.45, 2.75) is 13.5 Å². The lowest BCUT2D eigenvalue weighted by Gasteiger charge is -2.26. The number of imidazole rings is 1. The van der Waals surface area contributed by atoms with Gasteiger partial charge in [-0.05, 0) is 18.6 Å². The van der Waals surface area contributed by atoms with Crippen LogP contribution in [0.25, 0.3) is 11.4 Å². The number of aromatic nitrogens is 3. The topological polar surface area (TPSA) is 84.2 Å². The molecule has 0 bridgehead atoms. The molecule has 1 amide bonds. The number of hydrogen-bond donors (Lipinski definition) is 2. The van der Waals surface area contributed by atoms with Gasteiger partial charge in [-0.1, -0.05) is 30.3 Å². The molecule has 1 saturated heterocycles. The third-order valence-corrected chi connectivity index (χ3v) is 5.75. The van der Waals surface area contributed by atoms with E-state index in [2.05, 4.69) is 20.5 Å². The summed E-state index contributed by atoms with van der Waals surface area (Å²) >= 11 is 0. The second-order valence-corrected chi connectivity index (χ2v) is 8.24. The highest BCUT2D eigenvalue weighted by atomic mass is 16.2. The number of aryl methyl sites for hydroxylation is 2. The minimum Gasteiger partial charge on any atom is -0.349 e. The van der Waals surface area contributed by atoms with Crippen LogP contribution in [0.4, 0.5) is 0 Å². The second-order valence-electron chi connectivity index (χ2n) is 8.24. The molecule has 1 aliphatic heterocycles. The quantitative estimate of drug-likeness (QED) is 0.585. The van der Waals surface area contributed by atoms with Crippen LogP contribution in [-0.4, -0.2) is 64.2 Å². The summed E-state index contributed by atoms with van der Waals surface area (Å²) in [6, 6.07) is 11.9. The fourth-order valence-electron chi connectivity index (χ4n) is 4.01. The molecule has 0 spiro atoms. The normalized spacial score (nSPS) is 14.4. The summed E-state index contributed by atoms with van der Waals surface area (Å²) in [4.78, 5) is 32.0. The Morgan fingerprint density at radius 3 is 2.62 bits per heavy atom. The lowest BCUT2D eigenvalue weighted by molar-refractivity contribution is 0.0942. The first-order chi connectivity index (χ1) is 15.5. The summed E-state index contributed by atoms with van der Waals surface area (Å²) in [7, 11) is 1.73. The molecule has 2 N–H and O–H groups in total. The zero-order valence-corrected chi connectivity index (χ0v) is 18.7. The molecule has 0 radical (unpaired) electrons. The average molecular weight is 435 g/mol. The van der Waals surface area contributed by atoms with E-state index < -0.39 is 0 Å². The van der Waals surface area contributed by atoms with E-state index in [1.54, 1.807) is 30.9 Å². The molecule has 1 fully saturated rings. The van der Waals surface area contributed by atoms with Gasteiger partial charge in [0.15, 0.2) is 0 Å². The SMILES string of the molecule is Cc1cc(-c2nc(C(=O)NCCN3CCNCC3)cn2Cc2ccccc2)cn(C)c1=O. The number of carbonyl (C=O) groups excluding carboxylic acids is 1. The molecule has 4 rings (SSSR count). The van der Waals surface area contributed by atoms with Crippen LogP contribution in [-0.2, 0) is 13.6 Å². The second kappa shape index (κ2) is 9.93. The Bertz CT molecular complexity index is 1100. The third kappa shape index (κ3) is 5.15. The Kier molecular flexibility index (Phi) is 6.82. The molecule has 0 aliphatic carbocycles. The van der Waals surface area contributed by atoms with Crippen molar-refractivity contribution in [3.05, 3.63) is 76.0 Å². The van der Waals surface area contributed by atoms with Gasteiger partial charge in [-0.15, -0.1) is 0 Å². The van der Waals surface area contributed by atoms with Crippen molar-refractivity contribution in [1.82, 2.24) is 29.7 Å². The summed E-state index contributed by atoms with van der Waals surface area (Å²) in [6.07, 6.45) is 3.56. The van der Waals surface area contributed by atoms with Crippen LogP contribution in [0.5, 0.6) is 0 Å². The zero-order chi connectivity index (χ0) is 22.5. The number of rotatable bonds is 7. The molecule has 0 atom stereocenters. The number of nitrogens with one attached hydrogen (secondary N) is 2. The summed E-state index contributed by atoms with van der Waals surface area (Å²) in [5.41, 5.74) is 2.89. The molecule has 2 aromatic heterocycles. The van der Waals surface area contributed by atoms with E-state index in [0.717, 1.165) is 43.9 Å². The number of amides is 1. The van der Waals surface area contributed by atoms with Crippen molar-refractivity contribution >= 4 is 5.91 Å². The van der Waals surface area contributed by atoms with Crippen molar-refractivity contribution in [2.24, 2.45) is 7.05 Å². The molecule has 168 valence electrons. The van der Waals surface area contributed by atoms with Crippen LogP contribution in [0.1, 0.15) is 21.6 Å². The van der Waals surface area contributed by atoms with Crippen LogP contribution in [0.3, 0.4) is 0 Å². The average Bonchev–Trinajstić information content (AvgIpc) is 3.22. The minimum absolute atomic E-state index is 0.0409. The van der Waals surface area contributed by atoms with Crippen LogP contribution in [0.15, 0.2) is 53.6 Å². The predicted octanol–water partition coefficient (Wildman–Crippen LogP) is 1.24. The fourth-order valence-corrected chi connectivity index (χ4v) is 4.01. The lowest BCUT2D eigenvalue weighted by atomic mass is 10.2. The lowest BCUT2D eigenvalue weighted by Crippen LogP contribution is -2.46. The first-order valence-electron chi connectivity index (χ1n) is 11.0. The molecule has 1 aliphatic rings. The molecular formula is C24H30N6O2. The maximum atomic E-state index is 12.9. The monoisotopic (exact) mass is 434 g/mol. The van der Waals surface area contributed by atoms with Crippen LogP contribution >= 0.6 is 0 Å². The maximum absolute atomic E-state index is 12.9. The number of hydrogen-bond acceptors (Lipinski definition) is 5. The van der Waals surface area contributed by atoms with Gasteiger partial charge in [0.1, 0.15) is 11.5 Å². The van der Waals surface area contributed by atoms with Crippen molar-refractivity contribution in [2.75, 3.05) is 39.3 Å². The molecule has 0 unspecified atom stereocenters. The van der Waals surface area contributed by atoms with Gasteiger partial charge in [0, 0.05) is 76.4 Å². The van der Waals surface area contributed by atoms with Crippen LogP contribution in [0, 0.1) is 6.92 Å². The van der Waals surface area contributed by atoms with Gasteiger partial charge in [-0.25, -0.2) is 4.98 Å². The van der Waals surface area contributed by atoms with Gasteiger partial charge in [0.25, 0.3) is 11.5 Å². The fraction of sp³-hybridized carbons (Fsp3) is 0.375. The Hall–Kier alpha value is -3.23. The van der Waals surface area contributed by atoms with Gasteiger partial charge in [0.05, 0.1) is 0 Å². The van der Waals surface area contributed by atoms with Crippen LogP contribution in [0.2, 0.25) is 0 Å². The molecule has 8 nitrogen and oxygen atoms in total. The molecule has 32 heavy (non-hydrogen) atoms. The Morgan fingerprint density at radius 1 is 1.16 bits per heavy atom. The van der Waals surface area contributed by atoms with Crippen LogP contribution < -0.4 is 16.2 Å². The number of nitrogens with zero attached hydrogens (tertiary/aromatic N) is 4. The molecule has 0 saturated carbocycles. The minimum atomic E-state index is -0.185. The molecular weight excluding hydrogens is 404 g/mol. The first-order valence-corrected chi connectivity index (χ1v) is 11.0. The Balaban J connectivity index is 1.57. The van der Waals surface area contributed by atoms with E-state index in [4.69, 9.17) is 0 Å². The summed E-state index contributed by atoms with van der Waals surface area (Å²) < 4.78 is 3.53. The standard InChI is InChI=1S/C24H30N6O2/c1-18-14-20(16-28(2)24(18)32)22-27-21(17-30(22)15-19-6-4-3-5-7-19)23(31)26-10-13-29-11-8-25-9-12-29/h3-7,14,16-17,25H,8-13,15H2,1-2H3,(H,26,31). The smallest absolute Gasteiger partial charge is 0.271 e. The number of carbonyl (C=O) groups is 1. The third-order valence-electron chi connectivity index (χ3n) is 5.75. The summed E-state index contributed by atoms with van der Waals surface area (Å²) in [5.74, 6) is 0.481.